The number of benzene rings is 1. The lowest BCUT2D eigenvalue weighted by Crippen LogP contribution is -2.34. The van der Waals surface area contributed by atoms with Crippen LogP contribution in [0.1, 0.15) is 36.4 Å². The van der Waals surface area contributed by atoms with Gasteiger partial charge in [0.05, 0.1) is 17.4 Å². The van der Waals surface area contributed by atoms with E-state index in [0.717, 1.165) is 11.5 Å². The molecule has 0 unspecified atom stereocenters. The highest BCUT2D eigenvalue weighted by Crippen LogP contribution is 2.27. The summed E-state index contributed by atoms with van der Waals surface area (Å²) in [7, 11) is 1.95. The normalized spacial score (nSPS) is 11.9. The number of hydrogen-bond donors (Lipinski definition) is 2. The molecular formula is C16H23N3. The van der Waals surface area contributed by atoms with Gasteiger partial charge < -0.3 is 10.3 Å². The highest BCUT2D eigenvalue weighted by molar-refractivity contribution is 5.65. The van der Waals surface area contributed by atoms with E-state index in [1.807, 2.05) is 13.2 Å². The summed E-state index contributed by atoms with van der Waals surface area (Å²) >= 11 is 0. The fourth-order valence-electron chi connectivity index (χ4n) is 2.14. The van der Waals surface area contributed by atoms with E-state index in [4.69, 9.17) is 0 Å². The lowest BCUT2D eigenvalue weighted by Gasteiger charge is -2.21. The predicted molar refractivity (Wildman–Crippen MR) is 80.3 cm³/mol. The number of aryl methyl sites for hydroxylation is 3. The Labute approximate surface area is 115 Å². The molecule has 0 radical (unpaired) electrons. The average Bonchev–Trinajstić information content (AvgIpc) is 2.84. The predicted octanol–water partition coefficient (Wildman–Crippen LogP) is 3.46. The maximum Gasteiger partial charge on any atom is 0.126 e. The van der Waals surface area contributed by atoms with Crippen LogP contribution >= 0.6 is 0 Å². The lowest BCUT2D eigenvalue weighted by molar-refractivity contribution is 0.421. The molecule has 0 aliphatic carbocycles. The summed E-state index contributed by atoms with van der Waals surface area (Å²) in [4.78, 5) is 7.94. The van der Waals surface area contributed by atoms with E-state index in [9.17, 15) is 0 Å². The van der Waals surface area contributed by atoms with E-state index in [2.05, 4.69) is 62.0 Å². The van der Waals surface area contributed by atoms with Crippen molar-refractivity contribution in [3.05, 3.63) is 40.8 Å². The summed E-state index contributed by atoms with van der Waals surface area (Å²) in [6.45, 7) is 10.7. The van der Waals surface area contributed by atoms with Gasteiger partial charge in [-0.3, -0.25) is 0 Å². The number of imidazole rings is 1. The van der Waals surface area contributed by atoms with Crippen molar-refractivity contribution in [2.24, 2.45) is 0 Å². The number of aromatic amines is 1. The third kappa shape index (κ3) is 2.56. The smallest absolute Gasteiger partial charge is 0.126 e. The Morgan fingerprint density at radius 2 is 1.68 bits per heavy atom. The maximum atomic E-state index is 4.51. The monoisotopic (exact) mass is 257 g/mol. The highest BCUT2D eigenvalue weighted by Gasteiger charge is 2.21. The Bertz CT molecular complexity index is 594. The minimum atomic E-state index is -0.147. The molecule has 2 rings (SSSR count). The Kier molecular flexibility index (Phi) is 3.50. The Hall–Kier alpha value is -1.61. The molecule has 2 N–H and O–H groups in total. The van der Waals surface area contributed by atoms with Crippen LogP contribution in [-0.2, 0) is 5.54 Å². The topological polar surface area (TPSA) is 40.7 Å². The largest absolute Gasteiger partial charge is 0.340 e. The van der Waals surface area contributed by atoms with Crippen molar-refractivity contribution in [1.82, 2.24) is 15.3 Å². The number of aromatic nitrogens is 2. The minimum Gasteiger partial charge on any atom is -0.340 e. The molecule has 0 fully saturated rings. The minimum absolute atomic E-state index is 0.147. The van der Waals surface area contributed by atoms with Gasteiger partial charge in [-0.2, -0.15) is 0 Å². The molecule has 0 saturated carbocycles. The molecule has 0 bridgehead atoms. The molecule has 0 atom stereocenters. The Balaban J connectivity index is 2.47. The van der Waals surface area contributed by atoms with Crippen LogP contribution in [0.15, 0.2) is 18.3 Å². The second-order valence-corrected chi connectivity index (χ2v) is 5.77. The van der Waals surface area contributed by atoms with Crippen molar-refractivity contribution in [2.75, 3.05) is 7.05 Å². The van der Waals surface area contributed by atoms with Gasteiger partial charge in [0.25, 0.3) is 0 Å². The summed E-state index contributed by atoms with van der Waals surface area (Å²) in [6.07, 6.45) is 1.92. The van der Waals surface area contributed by atoms with Crippen LogP contribution in [0.4, 0.5) is 0 Å². The molecule has 0 amide bonds. The van der Waals surface area contributed by atoms with Gasteiger partial charge in [0.1, 0.15) is 5.82 Å². The second-order valence-electron chi connectivity index (χ2n) is 5.77. The zero-order valence-corrected chi connectivity index (χ0v) is 12.7. The molecular weight excluding hydrogens is 234 g/mol. The molecule has 1 heterocycles. The van der Waals surface area contributed by atoms with E-state index in [-0.39, 0.29) is 5.54 Å². The van der Waals surface area contributed by atoms with Crippen molar-refractivity contribution >= 4 is 0 Å². The number of hydrogen-bond acceptors (Lipinski definition) is 2. The molecule has 0 saturated heterocycles. The van der Waals surface area contributed by atoms with Gasteiger partial charge in [-0.15, -0.1) is 0 Å². The van der Waals surface area contributed by atoms with Crippen LogP contribution in [0.3, 0.4) is 0 Å². The van der Waals surface area contributed by atoms with Crippen LogP contribution < -0.4 is 5.32 Å². The van der Waals surface area contributed by atoms with Crippen molar-refractivity contribution in [3.63, 3.8) is 0 Å². The standard InChI is InChI=1S/C16H23N3/c1-10-7-12(3)13(8-11(10)2)14-9-18-15(19-14)16(4,5)17-6/h7-9,17H,1-6H3,(H,18,19). The van der Waals surface area contributed by atoms with E-state index in [1.165, 1.54) is 22.3 Å². The van der Waals surface area contributed by atoms with Gasteiger partial charge in [-0.05, 0) is 64.4 Å². The SMILES string of the molecule is CNC(C)(C)c1ncc(-c2cc(C)c(C)cc2C)[nH]1. The zero-order valence-electron chi connectivity index (χ0n) is 12.7. The first-order chi connectivity index (χ1) is 8.85. The van der Waals surface area contributed by atoms with Crippen molar-refractivity contribution in [3.8, 4) is 11.3 Å². The Morgan fingerprint density at radius 3 is 2.32 bits per heavy atom. The summed E-state index contributed by atoms with van der Waals surface area (Å²) in [6, 6.07) is 4.46. The van der Waals surface area contributed by atoms with Crippen LogP contribution in [0, 0.1) is 20.8 Å². The Morgan fingerprint density at radius 1 is 1.05 bits per heavy atom. The third-order valence-corrected chi connectivity index (χ3v) is 3.92. The average molecular weight is 257 g/mol. The molecule has 102 valence electrons. The highest BCUT2D eigenvalue weighted by atomic mass is 15.0. The number of H-pyrrole nitrogens is 1. The first kappa shape index (κ1) is 13.8. The first-order valence-corrected chi connectivity index (χ1v) is 6.68. The summed E-state index contributed by atoms with van der Waals surface area (Å²) < 4.78 is 0. The van der Waals surface area contributed by atoms with Gasteiger partial charge in [0.15, 0.2) is 0 Å². The number of rotatable bonds is 3. The van der Waals surface area contributed by atoms with Crippen LogP contribution in [0.25, 0.3) is 11.3 Å². The molecule has 3 heteroatoms. The maximum absolute atomic E-state index is 4.51. The molecule has 1 aromatic carbocycles. The van der Waals surface area contributed by atoms with E-state index < -0.39 is 0 Å². The quantitative estimate of drug-likeness (QED) is 0.884. The second kappa shape index (κ2) is 4.82. The third-order valence-electron chi connectivity index (χ3n) is 3.92. The number of nitrogens with one attached hydrogen (secondary N) is 2. The lowest BCUT2D eigenvalue weighted by atomic mass is 9.99. The van der Waals surface area contributed by atoms with Gasteiger partial charge in [0.2, 0.25) is 0 Å². The summed E-state index contributed by atoms with van der Waals surface area (Å²) in [5, 5.41) is 3.26. The zero-order chi connectivity index (χ0) is 14.2. The van der Waals surface area contributed by atoms with Gasteiger partial charge in [-0.1, -0.05) is 6.07 Å². The molecule has 0 spiro atoms. The molecule has 2 aromatic rings. The van der Waals surface area contributed by atoms with Gasteiger partial charge in [0, 0.05) is 5.56 Å². The molecule has 0 aliphatic heterocycles. The van der Waals surface area contributed by atoms with Crippen molar-refractivity contribution in [2.45, 2.75) is 40.2 Å². The van der Waals surface area contributed by atoms with E-state index in [0.29, 0.717) is 0 Å². The molecule has 3 nitrogen and oxygen atoms in total. The summed E-state index contributed by atoms with van der Waals surface area (Å²) in [5.74, 6) is 0.961. The van der Waals surface area contributed by atoms with Gasteiger partial charge >= 0.3 is 0 Å². The van der Waals surface area contributed by atoms with Gasteiger partial charge in [-0.25, -0.2) is 4.98 Å². The molecule has 19 heavy (non-hydrogen) atoms. The fraction of sp³-hybridized carbons (Fsp3) is 0.438. The fourth-order valence-corrected chi connectivity index (χ4v) is 2.14. The molecule has 1 aromatic heterocycles. The molecule has 0 aliphatic rings. The number of nitrogens with zero attached hydrogens (tertiary/aromatic N) is 1. The van der Waals surface area contributed by atoms with E-state index >= 15 is 0 Å². The van der Waals surface area contributed by atoms with Crippen LogP contribution in [-0.4, -0.2) is 17.0 Å². The first-order valence-electron chi connectivity index (χ1n) is 6.68. The van der Waals surface area contributed by atoms with Crippen LogP contribution in [0.2, 0.25) is 0 Å². The van der Waals surface area contributed by atoms with Crippen molar-refractivity contribution in [1.29, 1.82) is 0 Å². The van der Waals surface area contributed by atoms with Crippen molar-refractivity contribution < 1.29 is 0 Å². The van der Waals surface area contributed by atoms with Crippen LogP contribution in [0.5, 0.6) is 0 Å². The van der Waals surface area contributed by atoms with E-state index in [1.54, 1.807) is 0 Å². The summed E-state index contributed by atoms with van der Waals surface area (Å²) in [5.41, 5.74) is 6.08.